The van der Waals surface area contributed by atoms with Crippen LogP contribution in [0.3, 0.4) is 0 Å². The van der Waals surface area contributed by atoms with E-state index < -0.39 is 55.6 Å². The third-order valence-corrected chi connectivity index (χ3v) is 5.37. The zero-order chi connectivity index (χ0) is 25.7. The molecule has 13 heteroatoms. The van der Waals surface area contributed by atoms with E-state index in [-0.39, 0.29) is 19.6 Å². The molecule has 0 aliphatic carbocycles. The average molecular weight is 497 g/mol. The first-order chi connectivity index (χ1) is 16.0. The van der Waals surface area contributed by atoms with Gasteiger partial charge in [-0.1, -0.05) is 12.1 Å². The highest BCUT2D eigenvalue weighted by molar-refractivity contribution is 8.03. The van der Waals surface area contributed by atoms with Crippen LogP contribution >= 0.6 is 11.8 Å². The number of benzene rings is 1. The largest absolute Gasteiger partial charge is 0.480 e. The number of aliphatic carboxylic acids is 4. The molecule has 34 heavy (non-hydrogen) atoms. The Labute approximate surface area is 200 Å². The van der Waals surface area contributed by atoms with Crippen molar-refractivity contribution in [2.45, 2.75) is 30.3 Å². The Kier molecular flexibility index (Phi) is 12.6. The summed E-state index contributed by atoms with van der Waals surface area (Å²) in [7, 11) is 0. The Bertz CT molecular complexity index is 874. The third kappa shape index (κ3) is 12.2. The topological polar surface area (TPSA) is 191 Å². The number of thioether (sulfide) groups is 1. The first kappa shape index (κ1) is 28.9. The molecular formula is C21H28N4O8S. The van der Waals surface area contributed by atoms with Crippen molar-refractivity contribution in [3.8, 4) is 5.40 Å². The molecule has 0 saturated carbocycles. The molecule has 1 unspecified atom stereocenters. The van der Waals surface area contributed by atoms with Crippen LogP contribution in [0.15, 0.2) is 29.2 Å². The van der Waals surface area contributed by atoms with Crippen LogP contribution in [0.25, 0.3) is 0 Å². The van der Waals surface area contributed by atoms with Gasteiger partial charge in [0, 0.05) is 30.1 Å². The molecule has 5 N–H and O–H groups in total. The molecule has 0 heterocycles. The highest BCUT2D eigenvalue weighted by Gasteiger charge is 2.25. The van der Waals surface area contributed by atoms with Gasteiger partial charge < -0.3 is 25.7 Å². The maximum atomic E-state index is 11.4. The molecule has 2 atom stereocenters. The van der Waals surface area contributed by atoms with Crippen LogP contribution in [-0.2, 0) is 25.6 Å². The maximum absolute atomic E-state index is 11.4. The lowest BCUT2D eigenvalue weighted by Crippen LogP contribution is -2.51. The molecule has 0 fully saturated rings. The van der Waals surface area contributed by atoms with Crippen LogP contribution in [0.4, 0.5) is 0 Å². The second-order valence-electron chi connectivity index (χ2n) is 7.64. The van der Waals surface area contributed by atoms with Gasteiger partial charge in [0.15, 0.2) is 0 Å². The number of carboxylic acids is 4. The van der Waals surface area contributed by atoms with Crippen LogP contribution < -0.4 is 5.32 Å². The monoisotopic (exact) mass is 496 g/mol. The third-order valence-electron chi connectivity index (χ3n) is 4.77. The Balaban J connectivity index is 3.01. The van der Waals surface area contributed by atoms with Gasteiger partial charge in [0.05, 0.1) is 26.2 Å². The molecule has 0 bridgehead atoms. The smallest absolute Gasteiger partial charge is 0.317 e. The van der Waals surface area contributed by atoms with E-state index in [0.717, 1.165) is 22.2 Å². The molecule has 1 rings (SSSR count). The van der Waals surface area contributed by atoms with Crippen LogP contribution in [0, 0.1) is 10.7 Å². The summed E-state index contributed by atoms with van der Waals surface area (Å²) in [6.07, 6.45) is 0.364. The summed E-state index contributed by atoms with van der Waals surface area (Å²) in [5.41, 5.74) is 0.840. The molecule has 0 aliphatic rings. The number of hydrogen-bond acceptors (Lipinski definition) is 9. The van der Waals surface area contributed by atoms with Crippen LogP contribution in [0.2, 0.25) is 0 Å². The van der Waals surface area contributed by atoms with E-state index in [2.05, 4.69) is 5.32 Å². The van der Waals surface area contributed by atoms with Crippen LogP contribution in [-0.4, -0.2) is 105 Å². The van der Waals surface area contributed by atoms with Crippen molar-refractivity contribution < 1.29 is 39.6 Å². The molecular weight excluding hydrogens is 468 g/mol. The van der Waals surface area contributed by atoms with E-state index in [9.17, 15) is 24.3 Å². The summed E-state index contributed by atoms with van der Waals surface area (Å²) in [6.45, 7) is -0.0340. The van der Waals surface area contributed by atoms with Gasteiger partial charge in [-0.25, -0.2) is 0 Å². The van der Waals surface area contributed by atoms with E-state index in [1.165, 1.54) is 9.80 Å². The summed E-state index contributed by atoms with van der Waals surface area (Å²) in [6, 6.07) is 6.02. The number of carbonyl (C=O) groups is 4. The number of nitrogens with one attached hydrogen (secondary N) is 1. The summed E-state index contributed by atoms with van der Waals surface area (Å²) >= 11 is 1.00. The van der Waals surface area contributed by atoms with Crippen molar-refractivity contribution in [1.82, 2.24) is 15.1 Å². The van der Waals surface area contributed by atoms with Crippen molar-refractivity contribution in [3.63, 3.8) is 0 Å². The molecule has 0 saturated heterocycles. The summed E-state index contributed by atoms with van der Waals surface area (Å²) in [5, 5.41) is 50.2. The Morgan fingerprint density at radius 1 is 0.941 bits per heavy atom. The minimum atomic E-state index is -1.21. The quantitative estimate of drug-likeness (QED) is 0.144. The van der Waals surface area contributed by atoms with Crippen LogP contribution in [0.5, 0.6) is 0 Å². The molecule has 0 radical (unpaired) electrons. The predicted molar refractivity (Wildman–Crippen MR) is 121 cm³/mol. The van der Waals surface area contributed by atoms with Gasteiger partial charge in [-0.3, -0.25) is 29.0 Å². The molecule has 0 amide bonds. The lowest BCUT2D eigenvalue weighted by Gasteiger charge is -2.33. The maximum Gasteiger partial charge on any atom is 0.317 e. The number of nitrogens with zero attached hydrogens (tertiary/aromatic N) is 3. The lowest BCUT2D eigenvalue weighted by atomic mass is 10.0. The summed E-state index contributed by atoms with van der Waals surface area (Å²) in [5.74, 6) is -4.64. The van der Waals surface area contributed by atoms with Gasteiger partial charge in [0.2, 0.25) is 0 Å². The van der Waals surface area contributed by atoms with Crippen molar-refractivity contribution >= 4 is 35.6 Å². The fourth-order valence-corrected chi connectivity index (χ4v) is 3.75. The second-order valence-corrected chi connectivity index (χ2v) is 8.50. The number of carboxylic acid groups (broad SMARTS) is 4. The molecule has 12 nitrogen and oxygen atoms in total. The normalized spacial score (nSPS) is 12.8. The highest BCUT2D eigenvalue weighted by atomic mass is 32.2. The highest BCUT2D eigenvalue weighted by Crippen LogP contribution is 2.17. The molecule has 0 aromatic heterocycles. The van der Waals surface area contributed by atoms with E-state index in [0.29, 0.717) is 6.42 Å². The fourth-order valence-electron chi connectivity index (χ4n) is 3.37. The first-order valence-electron chi connectivity index (χ1n) is 10.2. The molecule has 0 aliphatic heterocycles. The lowest BCUT2D eigenvalue weighted by molar-refractivity contribution is -0.144. The Morgan fingerprint density at radius 2 is 1.50 bits per heavy atom. The van der Waals surface area contributed by atoms with Crippen molar-refractivity contribution in [2.24, 2.45) is 0 Å². The Hall–Kier alpha value is -3.18. The summed E-state index contributed by atoms with van der Waals surface area (Å²) < 4.78 is 0. The second kappa shape index (κ2) is 14.9. The van der Waals surface area contributed by atoms with Gasteiger partial charge in [-0.2, -0.15) is 5.26 Å². The molecule has 186 valence electrons. The van der Waals surface area contributed by atoms with E-state index in [4.69, 9.17) is 20.6 Å². The molecule has 0 spiro atoms. The van der Waals surface area contributed by atoms with Gasteiger partial charge in [0.1, 0.15) is 5.40 Å². The fraction of sp³-hybridized carbons (Fsp3) is 0.476. The first-order valence-corrected chi connectivity index (χ1v) is 11.0. The zero-order valence-corrected chi connectivity index (χ0v) is 19.4. The van der Waals surface area contributed by atoms with Crippen molar-refractivity contribution in [2.75, 3.05) is 39.3 Å². The van der Waals surface area contributed by atoms with E-state index in [1.54, 1.807) is 31.2 Å². The minimum Gasteiger partial charge on any atom is -0.480 e. The van der Waals surface area contributed by atoms with Gasteiger partial charge in [-0.05, 0) is 42.8 Å². The average Bonchev–Trinajstić information content (AvgIpc) is 2.71. The summed E-state index contributed by atoms with van der Waals surface area (Å²) in [4.78, 5) is 48.3. The SMILES string of the molecule is CC(CN(CC(=O)O)C[C@@H](Cc1ccc(SC#N)cc1)NCC(=O)O)N(CC(=O)O)CC(=O)O. The Morgan fingerprint density at radius 3 is 1.97 bits per heavy atom. The zero-order valence-electron chi connectivity index (χ0n) is 18.6. The molecule has 1 aromatic carbocycles. The van der Waals surface area contributed by atoms with E-state index in [1.807, 2.05) is 5.40 Å². The van der Waals surface area contributed by atoms with Crippen molar-refractivity contribution in [3.05, 3.63) is 29.8 Å². The minimum absolute atomic E-state index is 0.0514. The standard InChI is InChI=1S/C21H28N4O8S/c1-14(25(11-20(30)31)12-21(32)33)8-24(10-19(28)29)9-16(23-7-18(26)27)6-15-2-4-17(5-3-15)34-13-22/h2-5,14,16,23H,6-12H2,1H3,(H,26,27)(H,28,29)(H,30,31)(H,32,33)/t14?,16-/m1/s1. The van der Waals surface area contributed by atoms with E-state index >= 15 is 0 Å². The van der Waals surface area contributed by atoms with Gasteiger partial charge >= 0.3 is 23.9 Å². The molecule has 1 aromatic rings. The number of rotatable bonds is 17. The number of thiocyanates is 1. The van der Waals surface area contributed by atoms with Gasteiger partial charge in [0.25, 0.3) is 0 Å². The van der Waals surface area contributed by atoms with Crippen molar-refractivity contribution in [1.29, 1.82) is 5.26 Å². The van der Waals surface area contributed by atoms with Gasteiger partial charge in [-0.15, -0.1) is 0 Å². The predicted octanol–water partition coefficient (Wildman–Crippen LogP) is 0.0914. The number of nitriles is 1. The van der Waals surface area contributed by atoms with Crippen LogP contribution in [0.1, 0.15) is 12.5 Å². The number of hydrogen-bond donors (Lipinski definition) is 5.